The second kappa shape index (κ2) is 11.4. The van der Waals surface area contributed by atoms with Crippen molar-refractivity contribution in [2.45, 2.75) is 12.7 Å². The summed E-state index contributed by atoms with van der Waals surface area (Å²) < 4.78 is 15.0. The first-order valence-corrected chi connectivity index (χ1v) is 12.0. The number of amides is 3. The maximum Gasteiger partial charge on any atom is 0.321 e. The molecule has 4 aromatic rings. The van der Waals surface area contributed by atoms with Crippen LogP contribution < -0.4 is 15.5 Å². The molecule has 5 rings (SSSR count). The summed E-state index contributed by atoms with van der Waals surface area (Å²) in [5.41, 5.74) is 3.35. The smallest absolute Gasteiger partial charge is 0.321 e. The Kier molecular flexibility index (Phi) is 7.39. The van der Waals surface area contributed by atoms with Crippen LogP contribution >= 0.6 is 0 Å². The molecule has 3 amide bonds. The molecule has 0 radical (unpaired) electrons. The van der Waals surface area contributed by atoms with Gasteiger partial charge < -0.3 is 25.4 Å². The van der Waals surface area contributed by atoms with Crippen molar-refractivity contribution in [3.63, 3.8) is 0 Å². The van der Waals surface area contributed by atoms with E-state index in [-0.39, 0.29) is 17.8 Å². The average molecular weight is 526 g/mol. The van der Waals surface area contributed by atoms with E-state index < -0.39 is 23.9 Å². The van der Waals surface area contributed by atoms with Crippen LogP contribution in [0.4, 0.5) is 20.6 Å². The highest BCUT2D eigenvalue weighted by Gasteiger charge is 2.34. The number of aromatic amines is 1. The van der Waals surface area contributed by atoms with Gasteiger partial charge in [-0.25, -0.2) is 19.2 Å². The topological polar surface area (TPSA) is 124 Å². The summed E-state index contributed by atoms with van der Waals surface area (Å²) >= 11 is 0. The fourth-order valence-corrected chi connectivity index (χ4v) is 4.20. The van der Waals surface area contributed by atoms with E-state index in [0.29, 0.717) is 28.2 Å². The van der Waals surface area contributed by atoms with E-state index >= 15 is 0 Å². The highest BCUT2D eigenvalue weighted by atomic mass is 19.1. The highest BCUT2D eigenvalue weighted by Crippen LogP contribution is 2.30. The van der Waals surface area contributed by atoms with Crippen molar-refractivity contribution in [3.05, 3.63) is 114 Å². The summed E-state index contributed by atoms with van der Waals surface area (Å²) in [5, 5.41) is 9.08. The molecule has 0 fully saturated rings. The molecule has 2 heterocycles. The minimum absolute atomic E-state index is 0.136. The number of nitrogens with one attached hydrogen (secondary N) is 3. The Morgan fingerprint density at radius 3 is 2.69 bits per heavy atom. The molecule has 1 aliphatic heterocycles. The van der Waals surface area contributed by atoms with Crippen molar-refractivity contribution in [1.29, 1.82) is 0 Å². The normalized spacial score (nSPS) is 14.9. The number of rotatable bonds is 7. The van der Waals surface area contributed by atoms with Gasteiger partial charge in [0.15, 0.2) is 0 Å². The van der Waals surface area contributed by atoms with Crippen molar-refractivity contribution in [3.8, 4) is 0 Å². The van der Waals surface area contributed by atoms with Gasteiger partial charge in [-0.2, -0.15) is 0 Å². The summed E-state index contributed by atoms with van der Waals surface area (Å²) in [6.07, 6.45) is 3.26. The number of hydrogen-bond acceptors (Lipinski definition) is 6. The van der Waals surface area contributed by atoms with Crippen LogP contribution in [0.15, 0.2) is 95.5 Å². The van der Waals surface area contributed by atoms with E-state index in [1.165, 1.54) is 30.6 Å². The van der Waals surface area contributed by atoms with Gasteiger partial charge in [-0.05, 0) is 35.9 Å². The summed E-state index contributed by atoms with van der Waals surface area (Å²) in [5.74, 6) is -1.00. The molecule has 0 bridgehead atoms. The summed E-state index contributed by atoms with van der Waals surface area (Å²) in [4.78, 5) is 44.8. The highest BCUT2D eigenvalue weighted by molar-refractivity contribution is 6.20. The van der Waals surface area contributed by atoms with Crippen LogP contribution in [0.2, 0.25) is 0 Å². The molecule has 0 unspecified atom stereocenters. The first-order valence-electron chi connectivity index (χ1n) is 12.0. The number of nitrogens with zero attached hydrogens (tertiary/aromatic N) is 4. The molecular formula is C28H24FN7O3. The van der Waals surface area contributed by atoms with Crippen LogP contribution in [-0.4, -0.2) is 47.1 Å². The van der Waals surface area contributed by atoms with Crippen molar-refractivity contribution in [2.75, 3.05) is 17.3 Å². The molecule has 3 N–H and O–H groups in total. The number of carbonyl (C=O) groups excluding carboxylic acids is 2. The number of H-pyrrole nitrogens is 1. The van der Waals surface area contributed by atoms with Crippen LogP contribution in [0.3, 0.4) is 0 Å². The quantitative estimate of drug-likeness (QED) is 0.249. The van der Waals surface area contributed by atoms with E-state index in [0.717, 1.165) is 0 Å². The van der Waals surface area contributed by atoms with Gasteiger partial charge in [0.2, 0.25) is 6.17 Å². The third kappa shape index (κ3) is 5.67. The summed E-state index contributed by atoms with van der Waals surface area (Å²) in [6, 6.07) is 19.5. The van der Waals surface area contributed by atoms with E-state index in [9.17, 15) is 14.0 Å². The van der Waals surface area contributed by atoms with Crippen LogP contribution in [0.25, 0.3) is 0 Å². The predicted molar refractivity (Wildman–Crippen MR) is 145 cm³/mol. The van der Waals surface area contributed by atoms with Gasteiger partial charge in [-0.1, -0.05) is 47.6 Å². The lowest BCUT2D eigenvalue weighted by Gasteiger charge is -2.25. The molecule has 1 aliphatic rings. The third-order valence-electron chi connectivity index (χ3n) is 5.94. The van der Waals surface area contributed by atoms with Crippen molar-refractivity contribution < 1.29 is 18.8 Å². The number of anilines is 2. The average Bonchev–Trinajstić information content (AvgIpc) is 3.43. The Bertz CT molecular complexity index is 1550. The van der Waals surface area contributed by atoms with E-state index in [4.69, 9.17) is 4.84 Å². The molecular weight excluding hydrogens is 501 g/mol. The zero-order chi connectivity index (χ0) is 27.2. The number of para-hydroxylation sites is 1. The van der Waals surface area contributed by atoms with Crippen molar-refractivity contribution in [1.82, 2.24) is 15.3 Å². The Balaban J connectivity index is 1.52. The van der Waals surface area contributed by atoms with Crippen molar-refractivity contribution in [2.24, 2.45) is 10.1 Å². The minimum Gasteiger partial charge on any atom is -0.399 e. The fraction of sp³-hybridized carbons (Fsp3) is 0.107. The van der Waals surface area contributed by atoms with Gasteiger partial charge in [-0.3, -0.25) is 4.79 Å². The second-order valence-electron chi connectivity index (χ2n) is 8.52. The predicted octanol–water partition coefficient (Wildman–Crippen LogP) is 4.06. The van der Waals surface area contributed by atoms with Crippen LogP contribution in [0, 0.1) is 5.82 Å². The zero-order valence-electron chi connectivity index (χ0n) is 20.8. The Morgan fingerprint density at radius 2 is 1.92 bits per heavy atom. The molecule has 1 atom stereocenters. The van der Waals surface area contributed by atoms with Crippen LogP contribution in [-0.2, 0) is 16.2 Å². The monoisotopic (exact) mass is 525 g/mol. The molecule has 0 aliphatic carbocycles. The fourth-order valence-electron chi connectivity index (χ4n) is 4.20. The lowest BCUT2D eigenvalue weighted by atomic mass is 9.99. The van der Waals surface area contributed by atoms with Gasteiger partial charge in [0.25, 0.3) is 5.91 Å². The van der Waals surface area contributed by atoms with Crippen LogP contribution in [0.5, 0.6) is 0 Å². The molecule has 3 aromatic carbocycles. The summed E-state index contributed by atoms with van der Waals surface area (Å²) in [6.45, 7) is 0.136. The van der Waals surface area contributed by atoms with Crippen LogP contribution in [0.1, 0.15) is 22.4 Å². The number of carbonyl (C=O) groups is 2. The molecule has 1 aromatic heterocycles. The number of oxime groups is 1. The molecule has 0 spiro atoms. The molecule has 11 heteroatoms. The third-order valence-corrected chi connectivity index (χ3v) is 5.94. The number of halogens is 1. The second-order valence-corrected chi connectivity index (χ2v) is 8.52. The van der Waals surface area contributed by atoms with Crippen molar-refractivity contribution >= 4 is 35.2 Å². The Morgan fingerprint density at radius 1 is 1.13 bits per heavy atom. The minimum atomic E-state index is -1.35. The SMILES string of the molecule is CO/N=C/c1cccc(NC(=O)N[C@@H]2N=C(c3ccccc3F)c3ccccc3N(Cc3cnc[nH]3)C2=O)c1. The van der Waals surface area contributed by atoms with Gasteiger partial charge >= 0.3 is 6.03 Å². The van der Waals surface area contributed by atoms with E-state index in [2.05, 4.69) is 30.7 Å². The number of benzodiazepines with no additional fused rings is 1. The largest absolute Gasteiger partial charge is 0.399 e. The number of aliphatic imine (C=N–C) groups is 1. The summed E-state index contributed by atoms with van der Waals surface area (Å²) in [7, 11) is 1.43. The number of aromatic nitrogens is 2. The maximum atomic E-state index is 15.0. The number of hydrogen-bond donors (Lipinski definition) is 3. The number of benzene rings is 3. The molecule has 10 nitrogen and oxygen atoms in total. The standard InChI is InChI=1S/C28H24FN7O3/c1-39-32-14-18-7-6-8-19(13-18)33-28(38)35-26-27(37)36(16-20-15-30-17-31-20)24-12-5-3-10-22(24)25(34-26)21-9-2-4-11-23(21)29/h2-15,17,26H,16H2,1H3,(H,30,31)(H2,33,35,38)/b32-14+/t26-/m0/s1. The first kappa shape index (κ1) is 25.3. The molecule has 39 heavy (non-hydrogen) atoms. The molecule has 0 saturated heterocycles. The lowest BCUT2D eigenvalue weighted by Crippen LogP contribution is -2.48. The van der Waals surface area contributed by atoms with Gasteiger partial charge in [-0.15, -0.1) is 0 Å². The van der Waals surface area contributed by atoms with Gasteiger partial charge in [0, 0.05) is 23.0 Å². The van der Waals surface area contributed by atoms with E-state index in [1.807, 2.05) is 0 Å². The lowest BCUT2D eigenvalue weighted by molar-refractivity contribution is -0.120. The Hall–Kier alpha value is -5.32. The molecule has 0 saturated carbocycles. The zero-order valence-corrected chi connectivity index (χ0v) is 20.8. The Labute approximate surface area is 223 Å². The number of urea groups is 1. The van der Waals surface area contributed by atoms with E-state index in [1.54, 1.807) is 72.9 Å². The number of fused-ring (bicyclic) bond motifs is 1. The molecule has 196 valence electrons. The maximum absolute atomic E-state index is 15.0. The van der Waals surface area contributed by atoms with Gasteiger partial charge in [0.1, 0.15) is 12.9 Å². The van der Waals surface area contributed by atoms with Gasteiger partial charge in [0.05, 0.1) is 36.2 Å². The number of imidazole rings is 1. The first-order chi connectivity index (χ1) is 19.0.